The summed E-state index contributed by atoms with van der Waals surface area (Å²) in [5.41, 5.74) is -0.418. The fourth-order valence-electron chi connectivity index (χ4n) is 5.04. The van der Waals surface area contributed by atoms with Crippen molar-refractivity contribution in [3.63, 3.8) is 0 Å². The highest BCUT2D eigenvalue weighted by Gasteiger charge is 2.34. The number of para-hydroxylation sites is 1. The molecule has 3 rings (SSSR count). The molecule has 3 amide bonds. The van der Waals surface area contributed by atoms with Gasteiger partial charge in [0, 0.05) is 30.7 Å². The Balaban J connectivity index is 1.76. The van der Waals surface area contributed by atoms with Gasteiger partial charge >= 0.3 is 18.3 Å². The second kappa shape index (κ2) is 14.5. The number of amides is 3. The standard InChI is InChI=1S/C33H51N5O7/c1-31(2,3)43-28(40)34-17-13-12-15-23-27(39)35-19-25(36-23)24(37-29(41)44-32(4,5)6)18-21-20-38(30(42)45-33(7,8)9)26-16-11-10-14-22(21)26/h10-11,14,16,20,23-25,36H,12-13,15,17-19H2,1-9H3,(H,34,40)(H,35,39)(H,37,41)/t23-,24-,25-/m0/s1. The Labute approximate surface area is 266 Å². The highest BCUT2D eigenvalue weighted by molar-refractivity contribution is 5.92. The van der Waals surface area contributed by atoms with E-state index in [2.05, 4.69) is 21.3 Å². The summed E-state index contributed by atoms with van der Waals surface area (Å²) in [6, 6.07) is 6.23. The first kappa shape index (κ1) is 35.7. The molecule has 1 aromatic heterocycles. The van der Waals surface area contributed by atoms with Crippen molar-refractivity contribution in [1.82, 2.24) is 25.8 Å². The molecule has 12 heteroatoms. The minimum absolute atomic E-state index is 0.121. The second-order valence-corrected chi connectivity index (χ2v) is 14.5. The van der Waals surface area contributed by atoms with Crippen molar-refractivity contribution < 1.29 is 33.4 Å². The van der Waals surface area contributed by atoms with E-state index in [0.717, 1.165) is 10.9 Å². The number of benzene rings is 1. The number of aromatic nitrogens is 1. The molecule has 4 N–H and O–H groups in total. The molecular formula is C33H51N5O7. The zero-order valence-corrected chi connectivity index (χ0v) is 28.2. The first-order valence-corrected chi connectivity index (χ1v) is 15.6. The number of piperazine rings is 1. The molecule has 1 aliphatic heterocycles. The third-order valence-corrected chi connectivity index (χ3v) is 6.83. The summed E-state index contributed by atoms with van der Waals surface area (Å²) in [6.07, 6.45) is 2.45. The van der Waals surface area contributed by atoms with Crippen LogP contribution < -0.4 is 21.3 Å². The van der Waals surface area contributed by atoms with Crippen molar-refractivity contribution in [3.8, 4) is 0 Å². The predicted molar refractivity (Wildman–Crippen MR) is 172 cm³/mol. The Kier molecular flexibility index (Phi) is 11.5. The highest BCUT2D eigenvalue weighted by atomic mass is 16.6. The summed E-state index contributed by atoms with van der Waals surface area (Å²) in [6.45, 7) is 17.0. The van der Waals surface area contributed by atoms with Gasteiger partial charge in [0.25, 0.3) is 0 Å². The van der Waals surface area contributed by atoms with E-state index < -0.39 is 47.2 Å². The number of alkyl carbamates (subject to hydrolysis) is 2. The fraction of sp³-hybridized carbons (Fsp3) is 0.636. The smallest absolute Gasteiger partial charge is 0.419 e. The Bertz CT molecular complexity index is 1350. The van der Waals surface area contributed by atoms with Gasteiger partial charge in [-0.15, -0.1) is 0 Å². The first-order valence-electron chi connectivity index (χ1n) is 15.6. The van der Waals surface area contributed by atoms with Crippen LogP contribution in [0, 0.1) is 0 Å². The maximum Gasteiger partial charge on any atom is 0.419 e. The van der Waals surface area contributed by atoms with Gasteiger partial charge in [-0.25, -0.2) is 14.4 Å². The number of hydrogen-bond donors (Lipinski definition) is 4. The summed E-state index contributed by atoms with van der Waals surface area (Å²) >= 11 is 0. The normalized spacial score (nSPS) is 18.1. The third-order valence-electron chi connectivity index (χ3n) is 6.83. The van der Waals surface area contributed by atoms with E-state index in [9.17, 15) is 19.2 Å². The summed E-state index contributed by atoms with van der Waals surface area (Å²) < 4.78 is 18.0. The van der Waals surface area contributed by atoms with Crippen LogP contribution in [0.2, 0.25) is 0 Å². The second-order valence-electron chi connectivity index (χ2n) is 14.5. The van der Waals surface area contributed by atoms with Gasteiger partial charge in [-0.2, -0.15) is 0 Å². The molecular weight excluding hydrogens is 578 g/mol. The van der Waals surface area contributed by atoms with Crippen LogP contribution in [0.4, 0.5) is 14.4 Å². The van der Waals surface area contributed by atoms with E-state index in [0.29, 0.717) is 44.3 Å². The third kappa shape index (κ3) is 11.6. The molecule has 2 aromatic rings. The van der Waals surface area contributed by atoms with Crippen molar-refractivity contribution in [3.05, 3.63) is 36.0 Å². The number of nitrogens with one attached hydrogen (secondary N) is 4. The highest BCUT2D eigenvalue weighted by Crippen LogP contribution is 2.25. The van der Waals surface area contributed by atoms with Crippen LogP contribution in [0.5, 0.6) is 0 Å². The van der Waals surface area contributed by atoms with Gasteiger partial charge in [-0.1, -0.05) is 18.2 Å². The molecule has 45 heavy (non-hydrogen) atoms. The molecule has 0 aliphatic carbocycles. The fourth-order valence-corrected chi connectivity index (χ4v) is 5.04. The molecule has 0 spiro atoms. The van der Waals surface area contributed by atoms with E-state index in [-0.39, 0.29) is 11.9 Å². The molecule has 1 fully saturated rings. The number of carbonyl (C=O) groups excluding carboxylic acids is 4. The van der Waals surface area contributed by atoms with E-state index in [1.54, 1.807) is 47.7 Å². The molecule has 2 heterocycles. The number of carbonyl (C=O) groups is 4. The zero-order chi connectivity index (χ0) is 33.6. The molecule has 1 aliphatic rings. The summed E-state index contributed by atoms with van der Waals surface area (Å²) in [7, 11) is 0. The average molecular weight is 630 g/mol. The lowest BCUT2D eigenvalue weighted by Crippen LogP contribution is -2.65. The number of hydrogen-bond acceptors (Lipinski definition) is 8. The van der Waals surface area contributed by atoms with Crippen molar-refractivity contribution in [2.45, 2.75) is 123 Å². The maximum atomic E-state index is 13.1. The Morgan fingerprint density at radius 1 is 0.911 bits per heavy atom. The predicted octanol–water partition coefficient (Wildman–Crippen LogP) is 5.01. The summed E-state index contributed by atoms with van der Waals surface area (Å²) in [5.74, 6) is -0.121. The molecule has 3 atom stereocenters. The molecule has 250 valence electrons. The van der Waals surface area contributed by atoms with E-state index in [4.69, 9.17) is 14.2 Å². The lowest BCUT2D eigenvalue weighted by molar-refractivity contribution is -0.125. The zero-order valence-electron chi connectivity index (χ0n) is 28.2. The topological polar surface area (TPSA) is 149 Å². The monoisotopic (exact) mass is 629 g/mol. The van der Waals surface area contributed by atoms with E-state index >= 15 is 0 Å². The molecule has 0 saturated carbocycles. The minimum Gasteiger partial charge on any atom is -0.444 e. The Morgan fingerprint density at radius 3 is 2.18 bits per heavy atom. The van der Waals surface area contributed by atoms with Gasteiger partial charge in [0.2, 0.25) is 5.91 Å². The van der Waals surface area contributed by atoms with Crippen LogP contribution in [-0.4, -0.2) is 76.8 Å². The lowest BCUT2D eigenvalue weighted by Gasteiger charge is -2.36. The van der Waals surface area contributed by atoms with Crippen LogP contribution in [0.1, 0.15) is 87.1 Å². The SMILES string of the molecule is CC(C)(C)OC(=O)NCCCC[C@@H]1N[C@H]([C@H](Cc2cn(C(=O)OC(C)(C)C)c3ccccc23)NC(=O)OC(C)(C)C)CNC1=O. The van der Waals surface area contributed by atoms with E-state index in [1.807, 2.05) is 45.0 Å². The van der Waals surface area contributed by atoms with Crippen LogP contribution in [-0.2, 0) is 25.4 Å². The molecule has 1 aromatic carbocycles. The van der Waals surface area contributed by atoms with Gasteiger partial charge in [-0.3, -0.25) is 14.7 Å². The van der Waals surface area contributed by atoms with Crippen LogP contribution in [0.15, 0.2) is 30.5 Å². The summed E-state index contributed by atoms with van der Waals surface area (Å²) in [4.78, 5) is 50.8. The van der Waals surface area contributed by atoms with E-state index in [1.165, 1.54) is 4.57 Å². The van der Waals surface area contributed by atoms with Crippen molar-refractivity contribution in [1.29, 1.82) is 0 Å². The minimum atomic E-state index is -0.703. The van der Waals surface area contributed by atoms with Crippen LogP contribution in [0.25, 0.3) is 10.9 Å². The van der Waals surface area contributed by atoms with Gasteiger partial charge < -0.3 is 30.2 Å². The number of rotatable bonds is 9. The summed E-state index contributed by atoms with van der Waals surface area (Å²) in [5, 5.41) is 13.0. The van der Waals surface area contributed by atoms with Crippen molar-refractivity contribution in [2.75, 3.05) is 13.1 Å². The van der Waals surface area contributed by atoms with Gasteiger partial charge in [0.15, 0.2) is 0 Å². The molecule has 0 unspecified atom stereocenters. The lowest BCUT2D eigenvalue weighted by atomic mass is 9.95. The molecule has 1 saturated heterocycles. The van der Waals surface area contributed by atoms with Crippen LogP contribution in [0.3, 0.4) is 0 Å². The number of ether oxygens (including phenoxy) is 3. The van der Waals surface area contributed by atoms with Gasteiger partial charge in [0.05, 0.1) is 17.6 Å². The molecule has 0 bridgehead atoms. The van der Waals surface area contributed by atoms with Gasteiger partial charge in [0.1, 0.15) is 16.8 Å². The van der Waals surface area contributed by atoms with Gasteiger partial charge in [-0.05, 0) is 99.6 Å². The quantitative estimate of drug-likeness (QED) is 0.223. The Morgan fingerprint density at radius 2 is 1.53 bits per heavy atom. The number of unbranched alkanes of at least 4 members (excludes halogenated alkanes) is 1. The average Bonchev–Trinajstić information content (AvgIpc) is 3.24. The Hall–Kier alpha value is -3.80. The maximum absolute atomic E-state index is 13.1. The molecule has 12 nitrogen and oxygen atoms in total. The van der Waals surface area contributed by atoms with Crippen molar-refractivity contribution in [2.24, 2.45) is 0 Å². The van der Waals surface area contributed by atoms with Crippen molar-refractivity contribution >= 4 is 35.1 Å². The largest absolute Gasteiger partial charge is 0.444 e. The number of nitrogens with zero attached hydrogens (tertiary/aromatic N) is 1. The van der Waals surface area contributed by atoms with Crippen LogP contribution >= 0.6 is 0 Å². The number of fused-ring (bicyclic) bond motifs is 1. The first-order chi connectivity index (χ1) is 20.8. The molecule has 0 radical (unpaired) electrons.